The molecule has 0 aliphatic rings. The minimum Gasteiger partial charge on any atom is -0.398 e. The number of nitrogen functional groups attached to an aromatic ring is 1. The van der Waals surface area contributed by atoms with Crippen LogP contribution in [0.2, 0.25) is 5.02 Å². The van der Waals surface area contributed by atoms with E-state index in [2.05, 4.69) is 15.7 Å². The monoisotopic (exact) mass is 279 g/mol. The number of anilines is 3. The third-order valence-electron chi connectivity index (χ3n) is 2.61. The Hall–Kier alpha value is -2.21. The first-order valence-electron chi connectivity index (χ1n) is 5.59. The number of aromatic nitrogens is 2. The van der Waals surface area contributed by atoms with Crippen LogP contribution < -0.4 is 16.4 Å². The van der Waals surface area contributed by atoms with Gasteiger partial charge >= 0.3 is 6.03 Å². The molecule has 0 fully saturated rings. The van der Waals surface area contributed by atoms with Crippen molar-refractivity contribution in [3.05, 3.63) is 35.0 Å². The van der Waals surface area contributed by atoms with E-state index in [9.17, 15) is 4.79 Å². The summed E-state index contributed by atoms with van der Waals surface area (Å²) in [4.78, 5) is 11.8. The largest absolute Gasteiger partial charge is 0.398 e. The Morgan fingerprint density at radius 2 is 2.11 bits per heavy atom. The van der Waals surface area contributed by atoms with Gasteiger partial charge in [-0.2, -0.15) is 5.10 Å². The second-order valence-corrected chi connectivity index (χ2v) is 4.52. The highest BCUT2D eigenvalue weighted by atomic mass is 35.5. The number of hydrogen-bond donors (Lipinski definition) is 3. The van der Waals surface area contributed by atoms with E-state index >= 15 is 0 Å². The van der Waals surface area contributed by atoms with Crippen molar-refractivity contribution in [2.75, 3.05) is 16.4 Å². The number of nitrogens with two attached hydrogens (primary N) is 1. The Labute approximate surface area is 115 Å². The lowest BCUT2D eigenvalue weighted by Gasteiger charge is -2.06. The van der Waals surface area contributed by atoms with Crippen molar-refractivity contribution < 1.29 is 4.79 Å². The summed E-state index contributed by atoms with van der Waals surface area (Å²) in [5, 5.41) is 9.79. The quantitative estimate of drug-likeness (QED) is 0.739. The van der Waals surface area contributed by atoms with Gasteiger partial charge in [-0.05, 0) is 25.1 Å². The summed E-state index contributed by atoms with van der Waals surface area (Å²) in [6.45, 7) is 1.90. The van der Waals surface area contributed by atoms with Crippen molar-refractivity contribution in [2.24, 2.45) is 7.05 Å². The lowest BCUT2D eigenvalue weighted by Crippen LogP contribution is -2.19. The molecule has 4 N–H and O–H groups in total. The van der Waals surface area contributed by atoms with E-state index < -0.39 is 0 Å². The van der Waals surface area contributed by atoms with Crippen molar-refractivity contribution in [3.63, 3.8) is 0 Å². The van der Waals surface area contributed by atoms with Gasteiger partial charge < -0.3 is 11.1 Å². The summed E-state index contributed by atoms with van der Waals surface area (Å²) in [6, 6.07) is 6.27. The molecule has 100 valence electrons. The summed E-state index contributed by atoms with van der Waals surface area (Å²) in [7, 11) is 1.80. The SMILES string of the molecule is Cc1cc(NC(=O)Nc2ccc(N)c(Cl)c2)nn1C. The van der Waals surface area contributed by atoms with E-state index in [0.29, 0.717) is 22.2 Å². The van der Waals surface area contributed by atoms with Crippen LogP contribution in [0.4, 0.5) is 22.0 Å². The maximum Gasteiger partial charge on any atom is 0.324 e. The topological polar surface area (TPSA) is 85.0 Å². The molecule has 1 aromatic carbocycles. The maximum absolute atomic E-state index is 11.8. The zero-order chi connectivity index (χ0) is 14.0. The first kappa shape index (κ1) is 13.2. The summed E-state index contributed by atoms with van der Waals surface area (Å²) in [6.07, 6.45) is 0. The normalized spacial score (nSPS) is 10.3. The third kappa shape index (κ3) is 3.17. The highest BCUT2D eigenvalue weighted by molar-refractivity contribution is 6.33. The Balaban J connectivity index is 2.03. The highest BCUT2D eigenvalue weighted by Crippen LogP contribution is 2.22. The first-order chi connectivity index (χ1) is 8.95. The van der Waals surface area contributed by atoms with Gasteiger partial charge in [0.15, 0.2) is 5.82 Å². The number of nitrogens with one attached hydrogen (secondary N) is 2. The van der Waals surface area contributed by atoms with E-state index in [1.807, 2.05) is 6.92 Å². The van der Waals surface area contributed by atoms with Crippen LogP contribution in [0, 0.1) is 6.92 Å². The molecule has 0 radical (unpaired) electrons. The number of amides is 2. The molecule has 1 aromatic heterocycles. The van der Waals surface area contributed by atoms with Gasteiger partial charge in [0.2, 0.25) is 0 Å². The molecule has 7 heteroatoms. The minimum atomic E-state index is -0.390. The zero-order valence-electron chi connectivity index (χ0n) is 10.6. The van der Waals surface area contributed by atoms with Crippen LogP contribution in [-0.2, 0) is 7.05 Å². The molecule has 2 aromatic rings. The number of halogens is 1. The number of nitrogens with zero attached hydrogens (tertiary/aromatic N) is 2. The Bertz CT molecular complexity index is 603. The fraction of sp³-hybridized carbons (Fsp3) is 0.167. The minimum absolute atomic E-state index is 0.390. The van der Waals surface area contributed by atoms with Gasteiger partial charge in [-0.15, -0.1) is 0 Å². The average molecular weight is 280 g/mol. The molecular formula is C12H14ClN5O. The molecule has 0 aliphatic carbocycles. The van der Waals surface area contributed by atoms with Crippen LogP contribution in [0.3, 0.4) is 0 Å². The molecule has 0 spiro atoms. The molecule has 0 saturated heterocycles. The first-order valence-corrected chi connectivity index (χ1v) is 5.97. The van der Waals surface area contributed by atoms with Crippen LogP contribution in [0.1, 0.15) is 5.69 Å². The molecule has 0 saturated carbocycles. The lowest BCUT2D eigenvalue weighted by atomic mass is 10.3. The van der Waals surface area contributed by atoms with E-state index in [0.717, 1.165) is 5.69 Å². The van der Waals surface area contributed by atoms with Gasteiger partial charge in [-0.1, -0.05) is 11.6 Å². The maximum atomic E-state index is 11.8. The van der Waals surface area contributed by atoms with Crippen LogP contribution >= 0.6 is 11.6 Å². The molecule has 6 nitrogen and oxygen atoms in total. The molecule has 0 atom stereocenters. The van der Waals surface area contributed by atoms with Gasteiger partial charge in [0, 0.05) is 24.5 Å². The molecular weight excluding hydrogens is 266 g/mol. The van der Waals surface area contributed by atoms with Gasteiger partial charge in [0.05, 0.1) is 10.7 Å². The standard InChI is InChI=1S/C12H14ClN5O/c1-7-5-11(17-18(7)2)16-12(19)15-8-3-4-10(14)9(13)6-8/h3-6H,14H2,1-2H3,(H2,15,16,17,19). The molecule has 0 aliphatic heterocycles. The number of carbonyl (C=O) groups excluding carboxylic acids is 1. The van der Waals surface area contributed by atoms with E-state index in [1.54, 1.807) is 36.0 Å². The average Bonchev–Trinajstić information content (AvgIpc) is 2.63. The van der Waals surface area contributed by atoms with Crippen molar-refractivity contribution in [1.29, 1.82) is 0 Å². The summed E-state index contributed by atoms with van der Waals surface area (Å²) >= 11 is 5.87. The van der Waals surface area contributed by atoms with E-state index in [-0.39, 0.29) is 6.03 Å². The predicted molar refractivity (Wildman–Crippen MR) is 76.5 cm³/mol. The van der Waals surface area contributed by atoms with Crippen molar-refractivity contribution >= 4 is 34.8 Å². The zero-order valence-corrected chi connectivity index (χ0v) is 11.3. The molecule has 0 unspecified atom stereocenters. The second-order valence-electron chi connectivity index (χ2n) is 4.11. The van der Waals surface area contributed by atoms with Crippen molar-refractivity contribution in [2.45, 2.75) is 6.92 Å². The number of rotatable bonds is 2. The highest BCUT2D eigenvalue weighted by Gasteiger charge is 2.07. The molecule has 19 heavy (non-hydrogen) atoms. The second kappa shape index (κ2) is 5.19. The molecule has 2 amide bonds. The van der Waals surface area contributed by atoms with Gasteiger partial charge in [0.1, 0.15) is 0 Å². The third-order valence-corrected chi connectivity index (χ3v) is 2.94. The fourth-order valence-electron chi connectivity index (χ4n) is 1.51. The smallest absolute Gasteiger partial charge is 0.324 e. The van der Waals surface area contributed by atoms with Gasteiger partial charge in [-0.3, -0.25) is 10.00 Å². The Kier molecular flexibility index (Phi) is 3.62. The molecule has 1 heterocycles. The Morgan fingerprint density at radius 3 is 2.68 bits per heavy atom. The van der Waals surface area contributed by atoms with Crippen LogP contribution in [0.5, 0.6) is 0 Å². The number of hydrogen-bond acceptors (Lipinski definition) is 3. The summed E-state index contributed by atoms with van der Waals surface area (Å²) < 4.78 is 1.68. The Morgan fingerprint density at radius 1 is 1.37 bits per heavy atom. The summed E-state index contributed by atoms with van der Waals surface area (Å²) in [5.74, 6) is 0.485. The molecule has 0 bridgehead atoms. The fourth-order valence-corrected chi connectivity index (χ4v) is 1.69. The number of urea groups is 1. The van der Waals surface area contributed by atoms with Gasteiger partial charge in [0.25, 0.3) is 0 Å². The lowest BCUT2D eigenvalue weighted by molar-refractivity contribution is 0.262. The van der Waals surface area contributed by atoms with E-state index in [4.69, 9.17) is 17.3 Å². The van der Waals surface area contributed by atoms with Crippen LogP contribution in [0.15, 0.2) is 24.3 Å². The summed E-state index contributed by atoms with van der Waals surface area (Å²) in [5.41, 5.74) is 7.56. The van der Waals surface area contributed by atoms with Crippen molar-refractivity contribution in [3.8, 4) is 0 Å². The van der Waals surface area contributed by atoms with E-state index in [1.165, 1.54) is 0 Å². The number of aryl methyl sites for hydroxylation is 2. The number of benzene rings is 1. The van der Waals surface area contributed by atoms with Crippen LogP contribution in [0.25, 0.3) is 0 Å². The van der Waals surface area contributed by atoms with Crippen LogP contribution in [-0.4, -0.2) is 15.8 Å². The number of carbonyl (C=O) groups is 1. The predicted octanol–water partition coefficient (Wildman–Crippen LogP) is 2.61. The molecule has 2 rings (SSSR count). The van der Waals surface area contributed by atoms with Crippen molar-refractivity contribution in [1.82, 2.24) is 9.78 Å². The van der Waals surface area contributed by atoms with Gasteiger partial charge in [-0.25, -0.2) is 4.79 Å².